The van der Waals surface area contributed by atoms with Crippen LogP contribution in [-0.4, -0.2) is 29.3 Å². The van der Waals surface area contributed by atoms with Crippen molar-refractivity contribution in [1.82, 2.24) is 10.3 Å². The Morgan fingerprint density at radius 3 is 2.48 bits per heavy atom. The van der Waals surface area contributed by atoms with Crippen LogP contribution in [0.5, 0.6) is 0 Å². The van der Waals surface area contributed by atoms with E-state index in [9.17, 15) is 4.79 Å². The first-order valence-electron chi connectivity index (χ1n) is 9.65. The lowest BCUT2D eigenvalue weighted by Gasteiger charge is -2.35. The Kier molecular flexibility index (Phi) is 5.62. The molecule has 2 heterocycles. The van der Waals surface area contributed by atoms with Gasteiger partial charge in [-0.3, -0.25) is 4.90 Å². The van der Waals surface area contributed by atoms with Crippen LogP contribution < -0.4 is 10.2 Å². The van der Waals surface area contributed by atoms with Gasteiger partial charge >= 0.3 is 6.09 Å². The van der Waals surface area contributed by atoms with Crippen LogP contribution in [0.2, 0.25) is 0 Å². The molecule has 1 amide bonds. The maximum absolute atomic E-state index is 12.9. The minimum Gasteiger partial charge on any atom is -0.443 e. The maximum Gasteiger partial charge on any atom is 0.416 e. The van der Waals surface area contributed by atoms with Crippen molar-refractivity contribution in [3.05, 3.63) is 23.9 Å². The Morgan fingerprint density at radius 1 is 1.16 bits per heavy atom. The summed E-state index contributed by atoms with van der Waals surface area (Å²) in [6.45, 7) is 6.79. The van der Waals surface area contributed by atoms with Crippen LogP contribution in [0.15, 0.2) is 18.3 Å². The standard InChI is InChI=1S/C20H31N3O2/c1-20(2,3)25-19(24)23(16-8-5-4-6-9-16)18-12-11-15(14-22-18)17-10-7-13-21-17/h11-12,14,16-17,21H,4-10,13H2,1-3H3/t17-/m0/s1. The van der Waals surface area contributed by atoms with E-state index in [0.29, 0.717) is 11.9 Å². The van der Waals surface area contributed by atoms with Crippen molar-refractivity contribution < 1.29 is 9.53 Å². The quantitative estimate of drug-likeness (QED) is 0.871. The van der Waals surface area contributed by atoms with Crippen LogP contribution in [-0.2, 0) is 4.74 Å². The third kappa shape index (κ3) is 4.72. The first kappa shape index (κ1) is 18.2. The number of carbonyl (C=O) groups excluding carboxylic acids is 1. The van der Waals surface area contributed by atoms with E-state index in [1.54, 1.807) is 4.90 Å². The summed E-state index contributed by atoms with van der Waals surface area (Å²) in [6, 6.07) is 4.66. The number of anilines is 1. The van der Waals surface area contributed by atoms with Crippen molar-refractivity contribution in [2.24, 2.45) is 0 Å². The molecular weight excluding hydrogens is 314 g/mol. The summed E-state index contributed by atoms with van der Waals surface area (Å²) < 4.78 is 5.67. The average Bonchev–Trinajstić information content (AvgIpc) is 3.09. The van der Waals surface area contributed by atoms with Crippen LogP contribution in [0.4, 0.5) is 10.6 Å². The van der Waals surface area contributed by atoms with Gasteiger partial charge in [-0.25, -0.2) is 9.78 Å². The van der Waals surface area contributed by atoms with Crippen LogP contribution in [0.1, 0.15) is 77.3 Å². The predicted octanol–water partition coefficient (Wildman–Crippen LogP) is 4.58. The Hall–Kier alpha value is -1.62. The van der Waals surface area contributed by atoms with Gasteiger partial charge < -0.3 is 10.1 Å². The zero-order valence-corrected chi connectivity index (χ0v) is 15.8. The van der Waals surface area contributed by atoms with Gasteiger partial charge in [0.15, 0.2) is 0 Å². The van der Waals surface area contributed by atoms with Gasteiger partial charge in [-0.05, 0) is 64.6 Å². The molecule has 1 saturated carbocycles. The van der Waals surface area contributed by atoms with Crippen LogP contribution in [0.3, 0.4) is 0 Å². The molecular formula is C20H31N3O2. The Balaban J connectivity index is 1.81. The van der Waals surface area contributed by atoms with Gasteiger partial charge in [0.05, 0.1) is 0 Å². The number of ether oxygens (including phenoxy) is 1. The molecule has 1 aromatic rings. The highest BCUT2D eigenvalue weighted by Gasteiger charge is 2.31. The molecule has 5 heteroatoms. The highest BCUT2D eigenvalue weighted by molar-refractivity contribution is 5.87. The predicted molar refractivity (Wildman–Crippen MR) is 99.8 cm³/mol. The number of pyridine rings is 1. The van der Waals surface area contributed by atoms with E-state index in [1.807, 2.05) is 33.0 Å². The second-order valence-corrected chi connectivity index (χ2v) is 8.24. The van der Waals surface area contributed by atoms with Crippen molar-refractivity contribution in [2.45, 2.75) is 83.4 Å². The lowest BCUT2D eigenvalue weighted by molar-refractivity contribution is 0.0556. The maximum atomic E-state index is 12.9. The molecule has 0 unspecified atom stereocenters. The Morgan fingerprint density at radius 2 is 1.92 bits per heavy atom. The molecule has 5 nitrogen and oxygen atoms in total. The number of hydrogen-bond acceptors (Lipinski definition) is 4. The summed E-state index contributed by atoms with van der Waals surface area (Å²) in [4.78, 5) is 19.3. The minimum atomic E-state index is -0.502. The third-order valence-electron chi connectivity index (χ3n) is 5.01. The van der Waals surface area contributed by atoms with E-state index in [2.05, 4.69) is 16.4 Å². The molecule has 2 aliphatic rings. The fraction of sp³-hybridized carbons (Fsp3) is 0.700. The van der Waals surface area contributed by atoms with Gasteiger partial charge in [0.2, 0.25) is 0 Å². The smallest absolute Gasteiger partial charge is 0.416 e. The molecule has 1 aliphatic heterocycles. The molecule has 1 atom stereocenters. The van der Waals surface area contributed by atoms with E-state index < -0.39 is 5.60 Å². The van der Waals surface area contributed by atoms with Crippen molar-refractivity contribution in [3.8, 4) is 0 Å². The largest absolute Gasteiger partial charge is 0.443 e. The molecule has 1 saturated heterocycles. The normalized spacial score (nSPS) is 22.0. The molecule has 1 N–H and O–H groups in total. The van der Waals surface area contributed by atoms with Crippen molar-refractivity contribution >= 4 is 11.9 Å². The fourth-order valence-electron chi connectivity index (χ4n) is 3.80. The zero-order valence-electron chi connectivity index (χ0n) is 15.8. The molecule has 0 aromatic carbocycles. The van der Waals surface area contributed by atoms with E-state index in [1.165, 1.54) is 18.4 Å². The van der Waals surface area contributed by atoms with Crippen molar-refractivity contribution in [2.75, 3.05) is 11.4 Å². The second-order valence-electron chi connectivity index (χ2n) is 8.24. The lowest BCUT2D eigenvalue weighted by Crippen LogP contribution is -2.45. The summed E-state index contributed by atoms with van der Waals surface area (Å²) in [6.07, 6.45) is 9.61. The molecule has 3 rings (SSSR count). The Bertz CT molecular complexity index is 568. The number of nitrogens with zero attached hydrogens (tertiary/aromatic N) is 2. The van der Waals surface area contributed by atoms with Crippen LogP contribution >= 0.6 is 0 Å². The molecule has 1 aromatic heterocycles. The number of nitrogens with one attached hydrogen (secondary N) is 1. The highest BCUT2D eigenvalue weighted by Crippen LogP contribution is 2.29. The van der Waals surface area contributed by atoms with Gasteiger partial charge in [-0.2, -0.15) is 0 Å². The van der Waals surface area contributed by atoms with E-state index >= 15 is 0 Å². The van der Waals surface area contributed by atoms with Gasteiger partial charge in [0.25, 0.3) is 0 Å². The van der Waals surface area contributed by atoms with E-state index in [4.69, 9.17) is 4.74 Å². The third-order valence-corrected chi connectivity index (χ3v) is 5.01. The van der Waals surface area contributed by atoms with E-state index in [-0.39, 0.29) is 12.1 Å². The van der Waals surface area contributed by atoms with Gasteiger partial charge in [0.1, 0.15) is 11.4 Å². The average molecular weight is 345 g/mol. The molecule has 0 radical (unpaired) electrons. The number of hydrogen-bond donors (Lipinski definition) is 1. The van der Waals surface area contributed by atoms with Gasteiger partial charge in [-0.15, -0.1) is 0 Å². The number of rotatable bonds is 3. The molecule has 25 heavy (non-hydrogen) atoms. The highest BCUT2D eigenvalue weighted by atomic mass is 16.6. The molecule has 0 spiro atoms. The summed E-state index contributed by atoms with van der Waals surface area (Å²) in [7, 11) is 0. The SMILES string of the molecule is CC(C)(C)OC(=O)N(c1ccc([C@@H]2CCCN2)cn1)C1CCCCC1. The molecule has 1 aliphatic carbocycles. The monoisotopic (exact) mass is 345 g/mol. The van der Waals surface area contributed by atoms with Crippen LogP contribution in [0.25, 0.3) is 0 Å². The first-order chi connectivity index (χ1) is 11.9. The Labute approximate surface area is 151 Å². The number of aromatic nitrogens is 1. The topological polar surface area (TPSA) is 54.5 Å². The second kappa shape index (κ2) is 7.73. The summed E-state index contributed by atoms with van der Waals surface area (Å²) in [5.74, 6) is 0.711. The number of carbonyl (C=O) groups is 1. The fourth-order valence-corrected chi connectivity index (χ4v) is 3.80. The number of amides is 1. The van der Waals surface area contributed by atoms with E-state index in [0.717, 1.165) is 38.6 Å². The lowest BCUT2D eigenvalue weighted by atomic mass is 9.94. The zero-order chi connectivity index (χ0) is 17.9. The van der Waals surface area contributed by atoms with Crippen molar-refractivity contribution in [1.29, 1.82) is 0 Å². The van der Waals surface area contributed by atoms with Gasteiger partial charge in [0, 0.05) is 18.3 Å². The van der Waals surface area contributed by atoms with Crippen molar-refractivity contribution in [3.63, 3.8) is 0 Å². The minimum absolute atomic E-state index is 0.187. The van der Waals surface area contributed by atoms with Gasteiger partial charge in [-0.1, -0.05) is 25.3 Å². The summed E-state index contributed by atoms with van der Waals surface area (Å²) in [5.41, 5.74) is 0.701. The first-order valence-corrected chi connectivity index (χ1v) is 9.65. The molecule has 0 bridgehead atoms. The summed E-state index contributed by atoms with van der Waals surface area (Å²) in [5, 5.41) is 3.49. The summed E-state index contributed by atoms with van der Waals surface area (Å²) >= 11 is 0. The molecule has 138 valence electrons. The molecule has 2 fully saturated rings. The van der Waals surface area contributed by atoms with Crippen LogP contribution in [0, 0.1) is 0 Å².